The lowest BCUT2D eigenvalue weighted by Gasteiger charge is -2.35. The van der Waals surface area contributed by atoms with Crippen LogP contribution in [-0.2, 0) is 0 Å². The van der Waals surface area contributed by atoms with Crippen LogP contribution < -0.4 is 5.32 Å². The fourth-order valence-electron chi connectivity index (χ4n) is 2.98. The number of likely N-dealkylation sites (tertiary alicyclic amines) is 1. The van der Waals surface area contributed by atoms with Crippen molar-refractivity contribution in [2.75, 3.05) is 32.5 Å². The summed E-state index contributed by atoms with van der Waals surface area (Å²) in [5.74, 6) is 0.453. The van der Waals surface area contributed by atoms with Crippen LogP contribution in [0.25, 0.3) is 0 Å². The lowest BCUT2D eigenvalue weighted by molar-refractivity contribution is 0.0659. The molecular formula is C18H21BrClN5O. The minimum absolute atomic E-state index is 0.0500. The van der Waals surface area contributed by atoms with Crippen molar-refractivity contribution in [1.82, 2.24) is 19.8 Å². The predicted octanol–water partition coefficient (Wildman–Crippen LogP) is 3.80. The summed E-state index contributed by atoms with van der Waals surface area (Å²) in [6.45, 7) is 2.06. The second kappa shape index (κ2) is 8.33. The summed E-state index contributed by atoms with van der Waals surface area (Å²) in [6.07, 6.45) is 3.62. The van der Waals surface area contributed by atoms with Gasteiger partial charge in [-0.05, 0) is 73.2 Å². The first-order chi connectivity index (χ1) is 12.4. The quantitative estimate of drug-likeness (QED) is 0.736. The van der Waals surface area contributed by atoms with E-state index in [-0.39, 0.29) is 5.91 Å². The molecule has 8 heteroatoms. The fourth-order valence-corrected chi connectivity index (χ4v) is 3.30. The Kier molecular flexibility index (Phi) is 6.11. The third-order valence-electron chi connectivity index (χ3n) is 4.65. The number of benzene rings is 1. The van der Waals surface area contributed by atoms with E-state index in [1.807, 2.05) is 36.2 Å². The highest BCUT2D eigenvalue weighted by Crippen LogP contribution is 2.22. The van der Waals surface area contributed by atoms with Crippen LogP contribution in [0.2, 0.25) is 5.15 Å². The van der Waals surface area contributed by atoms with Gasteiger partial charge in [0.25, 0.3) is 5.91 Å². The van der Waals surface area contributed by atoms with Crippen molar-refractivity contribution >= 4 is 45.1 Å². The van der Waals surface area contributed by atoms with Gasteiger partial charge in [0.1, 0.15) is 5.15 Å². The van der Waals surface area contributed by atoms with E-state index in [1.54, 1.807) is 6.20 Å². The van der Waals surface area contributed by atoms with Crippen LogP contribution in [0.15, 0.2) is 34.9 Å². The molecule has 138 valence electrons. The van der Waals surface area contributed by atoms with Crippen LogP contribution in [0.3, 0.4) is 0 Å². The smallest absolute Gasteiger partial charge is 0.253 e. The highest BCUT2D eigenvalue weighted by atomic mass is 79.9. The van der Waals surface area contributed by atoms with Crippen LogP contribution in [0, 0.1) is 0 Å². The Labute approximate surface area is 166 Å². The molecule has 0 radical (unpaired) electrons. The van der Waals surface area contributed by atoms with Gasteiger partial charge in [0.15, 0.2) is 0 Å². The molecule has 1 aromatic carbocycles. The Balaban J connectivity index is 1.64. The minimum Gasteiger partial charge on any atom is -0.339 e. The van der Waals surface area contributed by atoms with E-state index in [0.717, 1.165) is 31.6 Å². The predicted molar refractivity (Wildman–Crippen MR) is 107 cm³/mol. The van der Waals surface area contributed by atoms with Crippen molar-refractivity contribution in [3.63, 3.8) is 0 Å². The molecule has 3 rings (SSSR count). The molecule has 1 saturated heterocycles. The summed E-state index contributed by atoms with van der Waals surface area (Å²) in [7, 11) is 4.01. The molecule has 1 aliphatic heterocycles. The summed E-state index contributed by atoms with van der Waals surface area (Å²) >= 11 is 9.23. The lowest BCUT2D eigenvalue weighted by atomic mass is 10.0. The van der Waals surface area contributed by atoms with Crippen molar-refractivity contribution in [1.29, 1.82) is 0 Å². The molecule has 0 saturated carbocycles. The number of hydrogen-bond donors (Lipinski definition) is 1. The Bertz CT molecular complexity index is 778. The number of nitrogens with zero attached hydrogens (tertiary/aromatic N) is 4. The first-order valence-electron chi connectivity index (χ1n) is 8.45. The SMILES string of the molecule is CN1CCC(N(C)C(=O)c2ccc(Nc3ncc(Br)c(Cl)n3)cc2)CC1. The molecule has 2 heterocycles. The Morgan fingerprint density at radius 1 is 1.31 bits per heavy atom. The monoisotopic (exact) mass is 437 g/mol. The molecule has 0 bridgehead atoms. The molecule has 1 aliphatic rings. The van der Waals surface area contributed by atoms with Gasteiger partial charge < -0.3 is 15.1 Å². The number of nitrogens with one attached hydrogen (secondary N) is 1. The van der Waals surface area contributed by atoms with Gasteiger partial charge in [0.2, 0.25) is 5.95 Å². The molecule has 1 amide bonds. The van der Waals surface area contributed by atoms with Gasteiger partial charge in [0.05, 0.1) is 4.47 Å². The first-order valence-corrected chi connectivity index (χ1v) is 9.62. The molecule has 2 aromatic rings. The van der Waals surface area contributed by atoms with E-state index in [0.29, 0.717) is 27.2 Å². The molecule has 1 aromatic heterocycles. The van der Waals surface area contributed by atoms with Crippen LogP contribution in [0.4, 0.5) is 11.6 Å². The van der Waals surface area contributed by atoms with Gasteiger partial charge in [-0.15, -0.1) is 0 Å². The van der Waals surface area contributed by atoms with Crippen molar-refractivity contribution < 1.29 is 4.79 Å². The second-order valence-electron chi connectivity index (χ2n) is 6.49. The molecule has 26 heavy (non-hydrogen) atoms. The van der Waals surface area contributed by atoms with Crippen LogP contribution in [0.5, 0.6) is 0 Å². The number of halogens is 2. The number of hydrogen-bond acceptors (Lipinski definition) is 5. The van der Waals surface area contributed by atoms with E-state index < -0.39 is 0 Å². The molecule has 1 fully saturated rings. The first kappa shape index (κ1) is 19.1. The van der Waals surface area contributed by atoms with E-state index in [4.69, 9.17) is 11.6 Å². The van der Waals surface area contributed by atoms with Gasteiger partial charge in [-0.25, -0.2) is 4.98 Å². The zero-order valence-corrected chi connectivity index (χ0v) is 17.1. The fraction of sp³-hybridized carbons (Fsp3) is 0.389. The third kappa shape index (κ3) is 4.52. The number of aromatic nitrogens is 2. The zero-order chi connectivity index (χ0) is 18.7. The molecule has 0 aliphatic carbocycles. The van der Waals surface area contributed by atoms with E-state index >= 15 is 0 Å². The van der Waals surface area contributed by atoms with Crippen molar-refractivity contribution in [3.8, 4) is 0 Å². The Morgan fingerprint density at radius 2 is 1.96 bits per heavy atom. The van der Waals surface area contributed by atoms with E-state index in [1.165, 1.54) is 0 Å². The average molecular weight is 439 g/mol. The van der Waals surface area contributed by atoms with Crippen LogP contribution >= 0.6 is 27.5 Å². The van der Waals surface area contributed by atoms with Gasteiger partial charge in [0, 0.05) is 30.5 Å². The van der Waals surface area contributed by atoms with Gasteiger partial charge in [-0.2, -0.15) is 4.98 Å². The average Bonchev–Trinajstić information content (AvgIpc) is 2.65. The number of carbonyl (C=O) groups is 1. The Hall–Kier alpha value is -1.70. The Morgan fingerprint density at radius 3 is 2.58 bits per heavy atom. The number of piperidine rings is 1. The molecule has 6 nitrogen and oxygen atoms in total. The maximum Gasteiger partial charge on any atom is 0.253 e. The highest BCUT2D eigenvalue weighted by molar-refractivity contribution is 9.10. The zero-order valence-electron chi connectivity index (χ0n) is 14.7. The van der Waals surface area contributed by atoms with E-state index in [2.05, 4.69) is 43.2 Å². The molecular weight excluding hydrogens is 418 g/mol. The maximum absolute atomic E-state index is 12.7. The largest absolute Gasteiger partial charge is 0.339 e. The molecule has 1 N–H and O–H groups in total. The number of carbonyl (C=O) groups excluding carboxylic acids is 1. The molecule has 0 spiro atoms. The maximum atomic E-state index is 12.7. The molecule has 0 atom stereocenters. The minimum atomic E-state index is 0.0500. The summed E-state index contributed by atoms with van der Waals surface area (Å²) < 4.78 is 0.641. The standard InChI is InChI=1S/C18H21BrClN5O/c1-24-9-7-14(8-10-24)25(2)17(26)12-3-5-13(6-4-12)22-18-21-11-15(19)16(20)23-18/h3-6,11,14H,7-10H2,1-2H3,(H,21,22,23). The van der Waals surface area contributed by atoms with Gasteiger partial charge in [-0.3, -0.25) is 4.79 Å². The van der Waals surface area contributed by atoms with Gasteiger partial charge >= 0.3 is 0 Å². The van der Waals surface area contributed by atoms with Crippen molar-refractivity contribution in [3.05, 3.63) is 45.7 Å². The number of rotatable bonds is 4. The summed E-state index contributed by atoms with van der Waals surface area (Å²) in [5.41, 5.74) is 1.47. The topological polar surface area (TPSA) is 61.4 Å². The van der Waals surface area contributed by atoms with Crippen LogP contribution in [0.1, 0.15) is 23.2 Å². The van der Waals surface area contributed by atoms with Gasteiger partial charge in [-0.1, -0.05) is 11.6 Å². The normalized spacial score (nSPS) is 15.7. The highest BCUT2D eigenvalue weighted by Gasteiger charge is 2.24. The summed E-state index contributed by atoms with van der Waals surface area (Å²) in [6, 6.07) is 7.62. The number of amides is 1. The van der Waals surface area contributed by atoms with Crippen molar-refractivity contribution in [2.45, 2.75) is 18.9 Å². The van der Waals surface area contributed by atoms with Crippen LogP contribution in [-0.4, -0.2) is 58.9 Å². The number of anilines is 2. The summed E-state index contributed by atoms with van der Waals surface area (Å²) in [4.78, 5) is 25.2. The molecule has 0 unspecified atom stereocenters. The second-order valence-corrected chi connectivity index (χ2v) is 7.70. The summed E-state index contributed by atoms with van der Waals surface area (Å²) in [5, 5.41) is 3.42. The van der Waals surface area contributed by atoms with Crippen molar-refractivity contribution in [2.24, 2.45) is 0 Å². The third-order valence-corrected chi connectivity index (χ3v) is 5.74. The van der Waals surface area contributed by atoms with E-state index in [9.17, 15) is 4.79 Å². The lowest BCUT2D eigenvalue weighted by Crippen LogP contribution is -2.44.